The molecule has 2 heterocycles. The summed E-state index contributed by atoms with van der Waals surface area (Å²) in [6.45, 7) is 1.70. The third-order valence-corrected chi connectivity index (χ3v) is 4.92. The standard InChI is InChI=1S/C22H22N2O3/c1-26-18-10-17(21-14-23-13-16-6-2-3-7-20(16)21)11-19(12-18)27-15-22(25)24-8-4-5-9-24/h2-3,6-7,10-14H,4-5,8-9,15H2,1H3. The number of amides is 1. The average molecular weight is 362 g/mol. The molecule has 0 spiro atoms. The van der Waals surface area contributed by atoms with Gasteiger partial charge in [-0.2, -0.15) is 0 Å². The van der Waals surface area contributed by atoms with Crippen LogP contribution in [0.4, 0.5) is 0 Å². The number of pyridine rings is 1. The number of hydrogen-bond acceptors (Lipinski definition) is 4. The molecule has 5 nitrogen and oxygen atoms in total. The van der Waals surface area contributed by atoms with Gasteiger partial charge in [0.2, 0.25) is 0 Å². The molecule has 1 fully saturated rings. The normalized spacial score (nSPS) is 13.7. The van der Waals surface area contributed by atoms with Crippen molar-refractivity contribution in [2.75, 3.05) is 26.8 Å². The summed E-state index contributed by atoms with van der Waals surface area (Å²) in [6.07, 6.45) is 5.84. The Hall–Kier alpha value is -3.08. The number of benzene rings is 2. The molecular formula is C22H22N2O3. The highest BCUT2D eigenvalue weighted by Crippen LogP contribution is 2.33. The Morgan fingerprint density at radius 2 is 1.85 bits per heavy atom. The van der Waals surface area contributed by atoms with Gasteiger partial charge in [-0.25, -0.2) is 0 Å². The number of fused-ring (bicyclic) bond motifs is 1. The van der Waals surface area contributed by atoms with Crippen molar-refractivity contribution < 1.29 is 14.3 Å². The number of hydrogen-bond donors (Lipinski definition) is 0. The molecule has 1 aliphatic heterocycles. The van der Waals surface area contributed by atoms with Crippen molar-refractivity contribution in [3.8, 4) is 22.6 Å². The predicted molar refractivity (Wildman–Crippen MR) is 105 cm³/mol. The third-order valence-electron chi connectivity index (χ3n) is 4.92. The summed E-state index contributed by atoms with van der Waals surface area (Å²) in [4.78, 5) is 18.5. The second kappa shape index (κ2) is 7.66. The molecule has 27 heavy (non-hydrogen) atoms. The first-order chi connectivity index (χ1) is 13.2. The zero-order chi connectivity index (χ0) is 18.6. The van der Waals surface area contributed by atoms with Gasteiger partial charge in [0, 0.05) is 42.5 Å². The van der Waals surface area contributed by atoms with Crippen LogP contribution in [0.15, 0.2) is 54.9 Å². The molecule has 138 valence electrons. The number of methoxy groups -OCH3 is 1. The number of rotatable bonds is 5. The maximum Gasteiger partial charge on any atom is 0.260 e. The van der Waals surface area contributed by atoms with Gasteiger partial charge in [0.05, 0.1) is 7.11 Å². The fourth-order valence-corrected chi connectivity index (χ4v) is 3.48. The van der Waals surface area contributed by atoms with Gasteiger partial charge in [0.1, 0.15) is 11.5 Å². The van der Waals surface area contributed by atoms with Gasteiger partial charge in [-0.05, 0) is 35.9 Å². The van der Waals surface area contributed by atoms with E-state index in [9.17, 15) is 4.79 Å². The first kappa shape index (κ1) is 17.3. The lowest BCUT2D eigenvalue weighted by Gasteiger charge is -2.16. The Bertz CT molecular complexity index is 959. The van der Waals surface area contributed by atoms with E-state index in [1.54, 1.807) is 13.2 Å². The van der Waals surface area contributed by atoms with E-state index in [-0.39, 0.29) is 12.5 Å². The lowest BCUT2D eigenvalue weighted by atomic mass is 10.0. The molecule has 0 saturated carbocycles. The highest BCUT2D eigenvalue weighted by atomic mass is 16.5. The van der Waals surface area contributed by atoms with Crippen molar-refractivity contribution in [3.63, 3.8) is 0 Å². The molecule has 1 amide bonds. The molecule has 3 aromatic rings. The molecule has 5 heteroatoms. The summed E-state index contributed by atoms with van der Waals surface area (Å²) in [7, 11) is 1.62. The molecule has 2 aromatic carbocycles. The zero-order valence-corrected chi connectivity index (χ0v) is 15.4. The largest absolute Gasteiger partial charge is 0.497 e. The first-order valence-corrected chi connectivity index (χ1v) is 9.17. The number of ether oxygens (including phenoxy) is 2. The molecule has 1 aromatic heterocycles. The van der Waals surface area contributed by atoms with E-state index >= 15 is 0 Å². The van der Waals surface area contributed by atoms with Crippen LogP contribution >= 0.6 is 0 Å². The summed E-state index contributed by atoms with van der Waals surface area (Å²) in [5.41, 5.74) is 1.95. The molecule has 0 radical (unpaired) electrons. The van der Waals surface area contributed by atoms with Gasteiger partial charge in [-0.15, -0.1) is 0 Å². The van der Waals surface area contributed by atoms with Crippen LogP contribution in [-0.2, 0) is 4.79 Å². The van der Waals surface area contributed by atoms with Crippen LogP contribution in [0.2, 0.25) is 0 Å². The highest BCUT2D eigenvalue weighted by molar-refractivity contribution is 5.96. The van der Waals surface area contributed by atoms with Gasteiger partial charge in [-0.3, -0.25) is 9.78 Å². The third kappa shape index (κ3) is 3.72. The van der Waals surface area contributed by atoms with Gasteiger partial charge in [0.15, 0.2) is 6.61 Å². The summed E-state index contributed by atoms with van der Waals surface area (Å²) >= 11 is 0. The van der Waals surface area contributed by atoms with E-state index in [1.807, 2.05) is 47.6 Å². The lowest BCUT2D eigenvalue weighted by Crippen LogP contribution is -2.32. The Morgan fingerprint density at radius 3 is 2.67 bits per heavy atom. The van der Waals surface area contributed by atoms with Crippen LogP contribution in [0.5, 0.6) is 11.5 Å². The van der Waals surface area contributed by atoms with Gasteiger partial charge >= 0.3 is 0 Å². The Morgan fingerprint density at radius 1 is 1.07 bits per heavy atom. The number of aromatic nitrogens is 1. The molecule has 0 atom stereocenters. The SMILES string of the molecule is COc1cc(OCC(=O)N2CCCC2)cc(-c2cncc3ccccc23)c1. The fraction of sp³-hybridized carbons (Fsp3) is 0.273. The summed E-state index contributed by atoms with van der Waals surface area (Å²) in [6, 6.07) is 13.8. The average Bonchev–Trinajstić information content (AvgIpc) is 3.26. The van der Waals surface area contributed by atoms with Crippen LogP contribution in [0.25, 0.3) is 21.9 Å². The van der Waals surface area contributed by atoms with Crippen LogP contribution in [0.3, 0.4) is 0 Å². The minimum Gasteiger partial charge on any atom is -0.497 e. The molecule has 0 aliphatic carbocycles. The molecule has 0 N–H and O–H groups in total. The summed E-state index contributed by atoms with van der Waals surface area (Å²) in [5, 5.41) is 2.18. The van der Waals surface area contributed by atoms with E-state index in [1.165, 1.54) is 0 Å². The van der Waals surface area contributed by atoms with Gasteiger partial charge < -0.3 is 14.4 Å². The second-order valence-electron chi connectivity index (χ2n) is 6.68. The number of likely N-dealkylation sites (tertiary alicyclic amines) is 1. The van der Waals surface area contributed by atoms with Crippen molar-refractivity contribution in [1.29, 1.82) is 0 Å². The van der Waals surface area contributed by atoms with Crippen molar-refractivity contribution in [3.05, 3.63) is 54.9 Å². The summed E-state index contributed by atoms with van der Waals surface area (Å²) < 4.78 is 11.2. The van der Waals surface area contributed by atoms with Gasteiger partial charge in [-0.1, -0.05) is 24.3 Å². The van der Waals surface area contributed by atoms with E-state index in [0.717, 1.165) is 47.8 Å². The molecule has 4 rings (SSSR count). The van der Waals surface area contributed by atoms with Gasteiger partial charge in [0.25, 0.3) is 5.91 Å². The molecular weight excluding hydrogens is 340 g/mol. The first-order valence-electron chi connectivity index (χ1n) is 9.17. The Labute approximate surface area is 158 Å². The Balaban J connectivity index is 1.63. The van der Waals surface area contributed by atoms with Crippen LogP contribution in [0, 0.1) is 0 Å². The monoisotopic (exact) mass is 362 g/mol. The zero-order valence-electron chi connectivity index (χ0n) is 15.4. The van der Waals surface area contributed by atoms with E-state index < -0.39 is 0 Å². The predicted octanol–water partition coefficient (Wildman–Crippen LogP) is 3.91. The lowest BCUT2D eigenvalue weighted by molar-refractivity contribution is -0.132. The molecule has 1 saturated heterocycles. The number of nitrogens with zero attached hydrogens (tertiary/aromatic N) is 2. The molecule has 1 aliphatic rings. The van der Waals surface area contributed by atoms with Crippen molar-refractivity contribution >= 4 is 16.7 Å². The van der Waals surface area contributed by atoms with Crippen LogP contribution in [-0.4, -0.2) is 42.6 Å². The van der Waals surface area contributed by atoms with Crippen LogP contribution in [0.1, 0.15) is 12.8 Å². The minimum atomic E-state index is 0.0312. The minimum absolute atomic E-state index is 0.0312. The molecule has 0 unspecified atom stereocenters. The maximum atomic E-state index is 12.3. The maximum absolute atomic E-state index is 12.3. The van der Waals surface area contributed by atoms with E-state index in [0.29, 0.717) is 11.5 Å². The Kier molecular flexibility index (Phi) is 4.92. The van der Waals surface area contributed by atoms with Crippen molar-refractivity contribution in [2.24, 2.45) is 0 Å². The highest BCUT2D eigenvalue weighted by Gasteiger charge is 2.18. The fourth-order valence-electron chi connectivity index (χ4n) is 3.48. The van der Waals surface area contributed by atoms with Crippen LogP contribution < -0.4 is 9.47 Å². The molecule has 0 bridgehead atoms. The summed E-state index contributed by atoms with van der Waals surface area (Å²) in [5.74, 6) is 1.33. The van der Waals surface area contributed by atoms with Crippen molar-refractivity contribution in [2.45, 2.75) is 12.8 Å². The number of carbonyl (C=O) groups is 1. The number of carbonyl (C=O) groups excluding carboxylic acids is 1. The van der Waals surface area contributed by atoms with Crippen molar-refractivity contribution in [1.82, 2.24) is 9.88 Å². The van der Waals surface area contributed by atoms with E-state index in [4.69, 9.17) is 9.47 Å². The topological polar surface area (TPSA) is 51.7 Å². The van der Waals surface area contributed by atoms with E-state index in [2.05, 4.69) is 11.1 Å². The smallest absolute Gasteiger partial charge is 0.260 e. The quantitative estimate of drug-likeness (QED) is 0.690. The second-order valence-corrected chi connectivity index (χ2v) is 6.68.